The van der Waals surface area contributed by atoms with E-state index in [-0.39, 0.29) is 24.6 Å². The highest BCUT2D eigenvalue weighted by Crippen LogP contribution is 2.28. The van der Waals surface area contributed by atoms with Crippen LogP contribution in [0.4, 0.5) is 10.5 Å². The van der Waals surface area contributed by atoms with Gasteiger partial charge in [0.15, 0.2) is 0 Å². The summed E-state index contributed by atoms with van der Waals surface area (Å²) >= 11 is 6.21. The minimum atomic E-state index is -0.356. The highest BCUT2D eigenvalue weighted by molar-refractivity contribution is 6.32. The van der Waals surface area contributed by atoms with Crippen molar-refractivity contribution in [2.24, 2.45) is 5.92 Å². The number of nitrogens with one attached hydrogen (secondary N) is 2. The third kappa shape index (κ3) is 5.92. The van der Waals surface area contributed by atoms with Crippen LogP contribution in [0.2, 0.25) is 5.02 Å². The third-order valence-corrected chi connectivity index (χ3v) is 4.09. The van der Waals surface area contributed by atoms with Gasteiger partial charge in [-0.2, -0.15) is 0 Å². The number of aromatic nitrogens is 1. The molecule has 1 aromatic carbocycles. The number of aliphatic hydroxyl groups is 1. The molecule has 6 nitrogen and oxygen atoms in total. The fourth-order valence-corrected chi connectivity index (χ4v) is 2.24. The molecule has 0 radical (unpaired) electrons. The van der Waals surface area contributed by atoms with Gasteiger partial charge in [-0.1, -0.05) is 24.6 Å². The predicted octanol–water partition coefficient (Wildman–Crippen LogP) is 3.45. The van der Waals surface area contributed by atoms with Crippen molar-refractivity contribution in [2.75, 3.05) is 11.9 Å². The third-order valence-electron chi connectivity index (χ3n) is 3.79. The Kier molecular flexibility index (Phi) is 7.03. The Labute approximate surface area is 152 Å². The molecule has 3 N–H and O–H groups in total. The maximum Gasteiger partial charge on any atom is 0.319 e. The molecule has 7 heteroatoms. The summed E-state index contributed by atoms with van der Waals surface area (Å²) in [6.45, 7) is 4.01. The fraction of sp³-hybridized carbons (Fsp3) is 0.333. The summed E-state index contributed by atoms with van der Waals surface area (Å²) in [4.78, 5) is 16.1. The summed E-state index contributed by atoms with van der Waals surface area (Å²) in [6, 6.07) is 10.1. The first kappa shape index (κ1) is 19.0. The van der Waals surface area contributed by atoms with E-state index < -0.39 is 0 Å². The summed E-state index contributed by atoms with van der Waals surface area (Å²) in [5.41, 5.74) is 1.35. The van der Waals surface area contributed by atoms with Gasteiger partial charge in [0.05, 0.1) is 10.7 Å². The molecule has 0 aliphatic carbocycles. The lowest BCUT2D eigenvalue weighted by Gasteiger charge is -2.19. The largest absolute Gasteiger partial charge is 0.486 e. The summed E-state index contributed by atoms with van der Waals surface area (Å²) in [7, 11) is 0. The molecule has 1 heterocycles. The van der Waals surface area contributed by atoms with Crippen molar-refractivity contribution in [3.8, 4) is 5.75 Å². The number of anilines is 1. The van der Waals surface area contributed by atoms with Gasteiger partial charge >= 0.3 is 6.03 Å². The highest BCUT2D eigenvalue weighted by atomic mass is 35.5. The number of benzene rings is 1. The molecule has 25 heavy (non-hydrogen) atoms. The molecule has 0 spiro atoms. The molecule has 2 aromatic rings. The summed E-state index contributed by atoms with van der Waals surface area (Å²) in [6.07, 6.45) is 1.70. The topological polar surface area (TPSA) is 83.5 Å². The van der Waals surface area contributed by atoms with E-state index in [4.69, 9.17) is 21.4 Å². The maximum atomic E-state index is 12.0. The average molecular weight is 364 g/mol. The molecule has 0 saturated heterocycles. The number of aliphatic hydroxyl groups excluding tert-OH is 1. The van der Waals surface area contributed by atoms with E-state index in [1.165, 1.54) is 0 Å². The first-order chi connectivity index (χ1) is 12.0. The molecule has 2 amide bonds. The second kappa shape index (κ2) is 9.25. The van der Waals surface area contributed by atoms with Crippen molar-refractivity contribution in [1.82, 2.24) is 10.3 Å². The number of pyridine rings is 1. The molecular formula is C18H22ClN3O3. The molecular weight excluding hydrogens is 342 g/mol. The summed E-state index contributed by atoms with van der Waals surface area (Å²) in [5.74, 6) is 0.484. The number of amides is 2. The Morgan fingerprint density at radius 3 is 2.76 bits per heavy atom. The van der Waals surface area contributed by atoms with E-state index in [1.54, 1.807) is 24.4 Å². The number of rotatable bonds is 7. The first-order valence-corrected chi connectivity index (χ1v) is 8.38. The van der Waals surface area contributed by atoms with Gasteiger partial charge in [0.1, 0.15) is 12.4 Å². The van der Waals surface area contributed by atoms with E-state index in [0.717, 1.165) is 5.69 Å². The van der Waals surface area contributed by atoms with Crippen LogP contribution in [0.15, 0.2) is 42.6 Å². The number of carbonyl (C=O) groups is 1. The zero-order valence-electron chi connectivity index (χ0n) is 14.2. The minimum absolute atomic E-state index is 0.00951. The SMILES string of the molecule is CC(CO)C(C)NC(=O)Nc1ccc(OCc2ccccn2)c(Cl)c1. The van der Waals surface area contributed by atoms with Crippen LogP contribution in [0.25, 0.3) is 0 Å². The number of ether oxygens (including phenoxy) is 1. The Morgan fingerprint density at radius 1 is 1.32 bits per heavy atom. The van der Waals surface area contributed by atoms with E-state index in [0.29, 0.717) is 23.1 Å². The van der Waals surface area contributed by atoms with E-state index in [2.05, 4.69) is 15.6 Å². The Hall–Kier alpha value is -2.31. The van der Waals surface area contributed by atoms with Gasteiger partial charge in [-0.25, -0.2) is 4.79 Å². The van der Waals surface area contributed by atoms with Gasteiger partial charge in [-0.05, 0) is 43.2 Å². The zero-order chi connectivity index (χ0) is 18.2. The Balaban J connectivity index is 1.91. The molecule has 0 bridgehead atoms. The lowest BCUT2D eigenvalue weighted by molar-refractivity contribution is 0.204. The molecule has 2 unspecified atom stereocenters. The predicted molar refractivity (Wildman–Crippen MR) is 97.9 cm³/mol. The lowest BCUT2D eigenvalue weighted by Crippen LogP contribution is -2.40. The van der Waals surface area contributed by atoms with Crippen LogP contribution in [0.5, 0.6) is 5.75 Å². The Morgan fingerprint density at radius 2 is 2.12 bits per heavy atom. The van der Waals surface area contributed by atoms with E-state index in [9.17, 15) is 4.79 Å². The summed E-state index contributed by atoms with van der Waals surface area (Å²) < 4.78 is 5.64. The molecule has 134 valence electrons. The lowest BCUT2D eigenvalue weighted by atomic mass is 10.1. The molecule has 0 aliphatic rings. The van der Waals surface area contributed by atoms with Crippen molar-refractivity contribution in [3.05, 3.63) is 53.3 Å². The number of nitrogens with zero attached hydrogens (tertiary/aromatic N) is 1. The summed E-state index contributed by atoms with van der Waals surface area (Å²) in [5, 5.41) is 15.0. The van der Waals surface area contributed by atoms with Gasteiger partial charge in [-0.3, -0.25) is 4.98 Å². The van der Waals surface area contributed by atoms with Crippen molar-refractivity contribution in [2.45, 2.75) is 26.5 Å². The van der Waals surface area contributed by atoms with Crippen LogP contribution in [-0.4, -0.2) is 28.8 Å². The minimum Gasteiger partial charge on any atom is -0.486 e. The molecule has 0 aliphatic heterocycles. The van der Waals surface area contributed by atoms with Gasteiger partial charge < -0.3 is 20.5 Å². The van der Waals surface area contributed by atoms with E-state index >= 15 is 0 Å². The molecule has 1 aromatic heterocycles. The van der Waals surface area contributed by atoms with Crippen molar-refractivity contribution in [1.29, 1.82) is 0 Å². The average Bonchev–Trinajstić information content (AvgIpc) is 2.61. The van der Waals surface area contributed by atoms with Gasteiger partial charge in [-0.15, -0.1) is 0 Å². The van der Waals surface area contributed by atoms with Gasteiger partial charge in [0.2, 0.25) is 0 Å². The molecule has 2 rings (SSSR count). The second-order valence-corrected chi connectivity index (χ2v) is 6.21. The van der Waals surface area contributed by atoms with Crippen LogP contribution in [-0.2, 0) is 6.61 Å². The smallest absolute Gasteiger partial charge is 0.319 e. The van der Waals surface area contributed by atoms with Crippen molar-refractivity contribution < 1.29 is 14.6 Å². The second-order valence-electron chi connectivity index (χ2n) is 5.80. The van der Waals surface area contributed by atoms with Gasteiger partial charge in [0, 0.05) is 24.5 Å². The zero-order valence-corrected chi connectivity index (χ0v) is 15.0. The van der Waals surface area contributed by atoms with Crippen LogP contribution in [0.1, 0.15) is 19.5 Å². The van der Waals surface area contributed by atoms with E-state index in [1.807, 2.05) is 32.0 Å². The van der Waals surface area contributed by atoms with Crippen LogP contribution in [0.3, 0.4) is 0 Å². The maximum absolute atomic E-state index is 12.0. The Bertz CT molecular complexity index is 697. The molecule has 0 saturated carbocycles. The number of carbonyl (C=O) groups excluding carboxylic acids is 1. The number of halogens is 1. The van der Waals surface area contributed by atoms with Crippen molar-refractivity contribution in [3.63, 3.8) is 0 Å². The standard InChI is InChI=1S/C18H22ClN3O3/c1-12(10-23)13(2)21-18(24)22-14-6-7-17(16(19)9-14)25-11-15-5-3-4-8-20-15/h3-9,12-13,23H,10-11H2,1-2H3,(H2,21,22,24). The monoisotopic (exact) mass is 363 g/mol. The van der Waals surface area contributed by atoms with Gasteiger partial charge in [0.25, 0.3) is 0 Å². The first-order valence-electron chi connectivity index (χ1n) is 8.00. The highest BCUT2D eigenvalue weighted by Gasteiger charge is 2.14. The fourth-order valence-electron chi connectivity index (χ4n) is 2.01. The van der Waals surface area contributed by atoms with Crippen LogP contribution in [0, 0.1) is 5.92 Å². The molecule has 0 fully saturated rings. The number of hydrogen-bond acceptors (Lipinski definition) is 4. The van der Waals surface area contributed by atoms with Crippen molar-refractivity contribution >= 4 is 23.3 Å². The quantitative estimate of drug-likeness (QED) is 0.703. The number of urea groups is 1. The van der Waals surface area contributed by atoms with Crippen LogP contribution >= 0.6 is 11.6 Å². The normalized spacial score (nSPS) is 13.0. The van der Waals surface area contributed by atoms with Crippen LogP contribution < -0.4 is 15.4 Å². The number of hydrogen-bond donors (Lipinski definition) is 3. The molecule has 2 atom stereocenters.